The molecule has 4 nitrogen and oxygen atoms in total. The van der Waals surface area contributed by atoms with Gasteiger partial charge in [0.05, 0.1) is 5.69 Å². The number of hydrogen-bond donors (Lipinski definition) is 1. The first-order valence-corrected chi connectivity index (χ1v) is 9.57. The molecule has 0 spiro atoms. The van der Waals surface area contributed by atoms with Gasteiger partial charge in [-0.2, -0.15) is 0 Å². The van der Waals surface area contributed by atoms with E-state index in [2.05, 4.69) is 27.1 Å². The second-order valence-corrected chi connectivity index (χ2v) is 7.81. The van der Waals surface area contributed by atoms with Crippen LogP contribution in [-0.2, 0) is 5.41 Å². The summed E-state index contributed by atoms with van der Waals surface area (Å²) in [5, 5.41) is 12.1. The van der Waals surface area contributed by atoms with Crippen molar-refractivity contribution < 1.29 is 13.2 Å². The van der Waals surface area contributed by atoms with Gasteiger partial charge in [-0.25, -0.2) is 13.2 Å². The molecule has 8 heteroatoms. The average Bonchev–Trinajstić information content (AvgIpc) is 3.14. The van der Waals surface area contributed by atoms with Crippen LogP contribution in [0, 0.1) is 11.6 Å². The molecule has 0 aliphatic heterocycles. The lowest BCUT2D eigenvalue weighted by Gasteiger charge is -2.43. The average molecular weight is 402 g/mol. The Kier molecular flexibility index (Phi) is 4.89. The molecule has 0 unspecified atom stereocenters. The minimum Gasteiger partial charge on any atom is -0.359 e. The summed E-state index contributed by atoms with van der Waals surface area (Å²) >= 11 is 1.18. The molecule has 0 amide bonds. The Balaban J connectivity index is 1.54. The predicted octanol–water partition coefficient (Wildman–Crippen LogP) is 5.00. The van der Waals surface area contributed by atoms with Crippen molar-refractivity contribution in [3.8, 4) is 10.6 Å². The highest BCUT2D eigenvalue weighted by Gasteiger charge is 2.48. The van der Waals surface area contributed by atoms with Crippen LogP contribution in [0.15, 0.2) is 43.1 Å². The Morgan fingerprint density at radius 1 is 1.21 bits per heavy atom. The summed E-state index contributed by atoms with van der Waals surface area (Å²) in [6.07, 6.45) is 2.53. The first-order valence-electron chi connectivity index (χ1n) is 8.75. The van der Waals surface area contributed by atoms with Crippen LogP contribution in [0.5, 0.6) is 0 Å². The van der Waals surface area contributed by atoms with E-state index in [1.54, 1.807) is 18.2 Å². The van der Waals surface area contributed by atoms with Crippen molar-refractivity contribution in [2.45, 2.75) is 24.4 Å². The third-order valence-electron chi connectivity index (χ3n) is 4.94. The first kappa shape index (κ1) is 18.6. The molecule has 0 saturated heterocycles. The lowest BCUT2D eigenvalue weighted by molar-refractivity contribution is 0.0965. The molecule has 4 rings (SSSR count). The highest BCUT2D eigenvalue weighted by atomic mass is 32.1. The summed E-state index contributed by atoms with van der Waals surface area (Å²) < 4.78 is 42.0. The van der Waals surface area contributed by atoms with E-state index in [1.165, 1.54) is 35.7 Å². The van der Waals surface area contributed by atoms with Gasteiger partial charge >= 0.3 is 0 Å². The molecule has 1 N–H and O–H groups in total. The first-order chi connectivity index (χ1) is 13.5. The fourth-order valence-electron chi connectivity index (χ4n) is 3.47. The molecule has 0 atom stereocenters. The molecule has 2 heterocycles. The number of halogens is 3. The highest BCUT2D eigenvalue weighted by Crippen LogP contribution is 2.45. The number of nitrogens with zero attached hydrogens (tertiary/aromatic N) is 3. The number of hydrogen-bond acceptors (Lipinski definition) is 5. The fourth-order valence-corrected chi connectivity index (χ4v) is 4.22. The monoisotopic (exact) mass is 402 g/mol. The molecule has 0 bridgehead atoms. The molecule has 144 valence electrons. The Hall–Kier alpha value is -2.74. The van der Waals surface area contributed by atoms with Crippen LogP contribution in [0.1, 0.15) is 24.1 Å². The van der Waals surface area contributed by atoms with Crippen LogP contribution in [0.2, 0.25) is 0 Å². The second-order valence-electron chi connectivity index (χ2n) is 6.83. The van der Waals surface area contributed by atoms with Gasteiger partial charge in [-0.1, -0.05) is 30.1 Å². The van der Waals surface area contributed by atoms with Crippen LogP contribution in [0.25, 0.3) is 16.6 Å². The lowest BCUT2D eigenvalue weighted by atomic mass is 9.65. The summed E-state index contributed by atoms with van der Waals surface area (Å²) in [5.41, 5.74) is 0.630. The van der Waals surface area contributed by atoms with Crippen molar-refractivity contribution in [2.24, 2.45) is 0 Å². The van der Waals surface area contributed by atoms with E-state index in [0.29, 0.717) is 15.7 Å². The summed E-state index contributed by atoms with van der Waals surface area (Å²) in [6, 6.07) is 7.47. The SMILES string of the molecule is C=Cc1ccc(F)c(-c2nnc(NCC3(c4ncccc4F)CC(F)C3)s2)c1. The maximum Gasteiger partial charge on any atom is 0.206 e. The minimum atomic E-state index is -0.982. The van der Waals surface area contributed by atoms with Crippen LogP contribution in [0.3, 0.4) is 0 Å². The number of benzene rings is 1. The highest BCUT2D eigenvalue weighted by molar-refractivity contribution is 7.18. The Bertz CT molecular complexity index is 1010. The summed E-state index contributed by atoms with van der Waals surface area (Å²) in [7, 11) is 0. The van der Waals surface area contributed by atoms with Crippen molar-refractivity contribution in [2.75, 3.05) is 11.9 Å². The van der Waals surface area contributed by atoms with Gasteiger partial charge in [-0.05, 0) is 42.7 Å². The van der Waals surface area contributed by atoms with Gasteiger partial charge in [0.1, 0.15) is 17.8 Å². The maximum absolute atomic E-state index is 14.2. The molecule has 1 aromatic carbocycles. The quantitative estimate of drug-likeness (QED) is 0.630. The van der Waals surface area contributed by atoms with Gasteiger partial charge in [0.25, 0.3) is 0 Å². The third-order valence-corrected chi connectivity index (χ3v) is 5.86. The van der Waals surface area contributed by atoms with Gasteiger partial charge in [-0.3, -0.25) is 4.98 Å². The largest absolute Gasteiger partial charge is 0.359 e. The van der Waals surface area contributed by atoms with Crippen molar-refractivity contribution >= 4 is 22.5 Å². The topological polar surface area (TPSA) is 50.7 Å². The molecule has 2 aromatic heterocycles. The Morgan fingerprint density at radius 2 is 2.04 bits per heavy atom. The van der Waals surface area contributed by atoms with E-state index in [4.69, 9.17) is 0 Å². The smallest absolute Gasteiger partial charge is 0.206 e. The number of rotatable bonds is 6. The van der Waals surface area contributed by atoms with Gasteiger partial charge in [0.2, 0.25) is 5.13 Å². The normalized spacial score (nSPS) is 21.2. The van der Waals surface area contributed by atoms with E-state index in [0.717, 1.165) is 5.56 Å². The molecule has 3 aromatic rings. The van der Waals surface area contributed by atoms with E-state index in [9.17, 15) is 13.2 Å². The van der Waals surface area contributed by atoms with Gasteiger partial charge in [0.15, 0.2) is 5.01 Å². The van der Waals surface area contributed by atoms with E-state index >= 15 is 0 Å². The van der Waals surface area contributed by atoms with Crippen LogP contribution in [0.4, 0.5) is 18.3 Å². The lowest BCUT2D eigenvalue weighted by Crippen LogP contribution is -2.48. The molecular formula is C20H17F3N4S. The third kappa shape index (κ3) is 3.40. The molecule has 0 radical (unpaired) electrons. The Morgan fingerprint density at radius 3 is 2.75 bits per heavy atom. The predicted molar refractivity (Wildman–Crippen MR) is 104 cm³/mol. The van der Waals surface area contributed by atoms with Gasteiger partial charge < -0.3 is 5.32 Å². The number of anilines is 1. The zero-order chi connectivity index (χ0) is 19.7. The van der Waals surface area contributed by atoms with Crippen molar-refractivity contribution in [3.05, 3.63) is 66.0 Å². The zero-order valence-corrected chi connectivity index (χ0v) is 15.6. The molecule has 1 aliphatic rings. The van der Waals surface area contributed by atoms with E-state index < -0.39 is 23.2 Å². The standard InChI is InChI=1S/C20H17F3N4S/c1-2-12-5-6-15(22)14(8-12)18-26-27-19(28-18)25-11-20(9-13(21)10-20)17-16(23)4-3-7-24-17/h2-8,13H,1,9-11H2,(H,25,27). The number of alkyl halides is 1. The maximum atomic E-state index is 14.2. The minimum absolute atomic E-state index is 0.190. The van der Waals surface area contributed by atoms with Crippen molar-refractivity contribution in [1.29, 1.82) is 0 Å². The van der Waals surface area contributed by atoms with Crippen molar-refractivity contribution in [1.82, 2.24) is 15.2 Å². The molecular weight excluding hydrogens is 385 g/mol. The summed E-state index contributed by atoms with van der Waals surface area (Å²) in [6.45, 7) is 3.95. The molecule has 1 fully saturated rings. The molecule has 28 heavy (non-hydrogen) atoms. The summed E-state index contributed by atoms with van der Waals surface area (Å²) in [4.78, 5) is 4.13. The molecule has 1 saturated carbocycles. The van der Waals surface area contributed by atoms with Crippen LogP contribution in [-0.4, -0.2) is 27.9 Å². The van der Waals surface area contributed by atoms with E-state index in [1.807, 2.05) is 0 Å². The number of pyridine rings is 1. The molecule has 1 aliphatic carbocycles. The number of nitrogens with one attached hydrogen (secondary N) is 1. The van der Waals surface area contributed by atoms with Gasteiger partial charge in [-0.15, -0.1) is 10.2 Å². The fraction of sp³-hybridized carbons (Fsp3) is 0.250. The number of aromatic nitrogens is 3. The second kappa shape index (κ2) is 7.35. The Labute approximate surface area is 164 Å². The summed E-state index contributed by atoms with van der Waals surface area (Å²) in [5.74, 6) is -0.850. The zero-order valence-electron chi connectivity index (χ0n) is 14.8. The van der Waals surface area contributed by atoms with Crippen molar-refractivity contribution in [3.63, 3.8) is 0 Å². The van der Waals surface area contributed by atoms with Crippen LogP contribution < -0.4 is 5.32 Å². The van der Waals surface area contributed by atoms with Crippen LogP contribution >= 0.6 is 11.3 Å². The van der Waals surface area contributed by atoms with Gasteiger partial charge in [0, 0.05) is 23.7 Å². The van der Waals surface area contributed by atoms with E-state index in [-0.39, 0.29) is 25.1 Å².